The van der Waals surface area contributed by atoms with Crippen molar-refractivity contribution in [1.82, 2.24) is 0 Å². The van der Waals surface area contributed by atoms with Gasteiger partial charge in [-0.2, -0.15) is 0 Å². The smallest absolute Gasteiger partial charge is 0.0367 e. The first-order valence-corrected chi connectivity index (χ1v) is 8.35. The quantitative estimate of drug-likeness (QED) is 0.843. The Morgan fingerprint density at radius 1 is 1.15 bits per heavy atom. The Labute approximate surface area is 125 Å². The third kappa shape index (κ3) is 2.32. The van der Waals surface area contributed by atoms with E-state index in [-0.39, 0.29) is 6.04 Å². The number of aryl methyl sites for hydroxylation is 4. The topological polar surface area (TPSA) is 26.0 Å². The van der Waals surface area contributed by atoms with Gasteiger partial charge >= 0.3 is 0 Å². The van der Waals surface area contributed by atoms with Crippen LogP contribution in [0.1, 0.15) is 57.5 Å². The summed E-state index contributed by atoms with van der Waals surface area (Å²) in [5, 5.41) is 2.23. The average molecular weight is 285 g/mol. The Morgan fingerprint density at radius 2 is 1.90 bits per heavy atom. The molecule has 2 heteroatoms. The van der Waals surface area contributed by atoms with Gasteiger partial charge < -0.3 is 5.73 Å². The lowest BCUT2D eigenvalue weighted by Gasteiger charge is -2.29. The van der Waals surface area contributed by atoms with E-state index >= 15 is 0 Å². The summed E-state index contributed by atoms with van der Waals surface area (Å²) < 4.78 is 0. The number of thiophene rings is 1. The normalized spacial score (nSPS) is 19.7. The predicted octanol–water partition coefficient (Wildman–Crippen LogP) is 4.79. The molecule has 0 fully saturated rings. The van der Waals surface area contributed by atoms with Crippen LogP contribution in [0.5, 0.6) is 0 Å². The van der Waals surface area contributed by atoms with Crippen LogP contribution in [0.15, 0.2) is 23.6 Å². The van der Waals surface area contributed by atoms with Crippen LogP contribution < -0.4 is 5.73 Å². The van der Waals surface area contributed by atoms with Gasteiger partial charge in [-0.25, -0.2) is 0 Å². The van der Waals surface area contributed by atoms with Gasteiger partial charge in [0, 0.05) is 16.8 Å². The first-order chi connectivity index (χ1) is 9.58. The lowest BCUT2D eigenvalue weighted by molar-refractivity contribution is 0.477. The molecule has 1 aromatic carbocycles. The Balaban J connectivity index is 1.98. The van der Waals surface area contributed by atoms with Gasteiger partial charge in [-0.15, -0.1) is 11.3 Å². The van der Waals surface area contributed by atoms with Crippen molar-refractivity contribution in [2.45, 2.75) is 52.0 Å². The summed E-state index contributed by atoms with van der Waals surface area (Å²) in [6.07, 6.45) is 3.73. The van der Waals surface area contributed by atoms with Gasteiger partial charge in [-0.3, -0.25) is 0 Å². The zero-order valence-electron chi connectivity index (χ0n) is 12.6. The second-order valence-corrected chi connectivity index (χ2v) is 7.12. The molecular weight excluding hydrogens is 262 g/mol. The summed E-state index contributed by atoms with van der Waals surface area (Å²) in [4.78, 5) is 1.55. The van der Waals surface area contributed by atoms with Crippen LogP contribution in [0, 0.1) is 20.8 Å². The van der Waals surface area contributed by atoms with Gasteiger partial charge in [0.1, 0.15) is 0 Å². The first-order valence-electron chi connectivity index (χ1n) is 7.47. The number of benzene rings is 1. The summed E-state index contributed by atoms with van der Waals surface area (Å²) in [6.45, 7) is 6.55. The van der Waals surface area contributed by atoms with Crippen molar-refractivity contribution in [3.05, 3.63) is 56.3 Å². The molecule has 0 saturated heterocycles. The maximum absolute atomic E-state index is 6.67. The summed E-state index contributed by atoms with van der Waals surface area (Å²) in [5.41, 5.74) is 13.5. The van der Waals surface area contributed by atoms with Crippen LogP contribution in [0.4, 0.5) is 0 Å². The minimum Gasteiger partial charge on any atom is -0.323 e. The molecule has 2 atom stereocenters. The Morgan fingerprint density at radius 3 is 2.70 bits per heavy atom. The molecule has 2 N–H and O–H groups in total. The molecule has 0 aliphatic heterocycles. The van der Waals surface area contributed by atoms with Crippen molar-refractivity contribution in [1.29, 1.82) is 0 Å². The van der Waals surface area contributed by atoms with Gasteiger partial charge in [-0.05, 0) is 79.3 Å². The summed E-state index contributed by atoms with van der Waals surface area (Å²) in [7, 11) is 0. The molecular formula is C18H23NS. The molecule has 0 radical (unpaired) electrons. The van der Waals surface area contributed by atoms with Crippen molar-refractivity contribution in [3.8, 4) is 0 Å². The zero-order valence-corrected chi connectivity index (χ0v) is 13.4. The van der Waals surface area contributed by atoms with Gasteiger partial charge in [-0.1, -0.05) is 12.1 Å². The zero-order chi connectivity index (χ0) is 14.3. The molecule has 0 bridgehead atoms. The maximum Gasteiger partial charge on any atom is 0.0367 e. The van der Waals surface area contributed by atoms with Gasteiger partial charge in [0.2, 0.25) is 0 Å². The van der Waals surface area contributed by atoms with Crippen LogP contribution in [0.25, 0.3) is 0 Å². The second-order valence-electron chi connectivity index (χ2n) is 6.12. The van der Waals surface area contributed by atoms with E-state index in [9.17, 15) is 0 Å². The molecule has 0 spiro atoms. The molecule has 0 saturated carbocycles. The molecule has 1 aromatic heterocycles. The molecule has 1 aliphatic rings. The molecule has 20 heavy (non-hydrogen) atoms. The van der Waals surface area contributed by atoms with Crippen LogP contribution in [-0.4, -0.2) is 0 Å². The highest BCUT2D eigenvalue weighted by molar-refractivity contribution is 7.10. The second kappa shape index (κ2) is 5.34. The molecule has 1 heterocycles. The molecule has 2 aromatic rings. The molecule has 0 amide bonds. The fourth-order valence-corrected chi connectivity index (χ4v) is 4.45. The number of nitrogens with two attached hydrogens (primary N) is 1. The standard InChI is InChI=1S/C18H23NS/c1-11-9-13(3)16(10-12(11)2)18(19)15-5-4-6-17-14(15)7-8-20-17/h7-10,15,18H,4-6,19H2,1-3H3. The van der Waals surface area contributed by atoms with Crippen molar-refractivity contribution < 1.29 is 0 Å². The Hall–Kier alpha value is -1.12. The molecule has 1 nitrogen and oxygen atoms in total. The van der Waals surface area contributed by atoms with Crippen molar-refractivity contribution >= 4 is 11.3 Å². The molecule has 3 rings (SSSR count). The predicted molar refractivity (Wildman–Crippen MR) is 87.6 cm³/mol. The first kappa shape index (κ1) is 13.8. The molecule has 106 valence electrons. The van der Waals surface area contributed by atoms with Crippen LogP contribution in [0.2, 0.25) is 0 Å². The average Bonchev–Trinajstić information content (AvgIpc) is 2.90. The lowest BCUT2D eigenvalue weighted by atomic mass is 9.79. The minimum atomic E-state index is 0.128. The minimum absolute atomic E-state index is 0.128. The van der Waals surface area contributed by atoms with Gasteiger partial charge in [0.15, 0.2) is 0 Å². The van der Waals surface area contributed by atoms with Crippen LogP contribution in [0.3, 0.4) is 0 Å². The van der Waals surface area contributed by atoms with E-state index in [0.29, 0.717) is 5.92 Å². The van der Waals surface area contributed by atoms with Gasteiger partial charge in [0.05, 0.1) is 0 Å². The van der Waals surface area contributed by atoms with Crippen molar-refractivity contribution in [3.63, 3.8) is 0 Å². The SMILES string of the molecule is Cc1cc(C)c(C(N)C2CCCc3sccc32)cc1C. The van der Waals surface area contributed by atoms with E-state index in [1.54, 1.807) is 4.88 Å². The fraction of sp³-hybridized carbons (Fsp3) is 0.444. The highest BCUT2D eigenvalue weighted by Gasteiger charge is 2.28. The van der Waals surface area contributed by atoms with E-state index in [0.717, 1.165) is 0 Å². The molecule has 2 unspecified atom stereocenters. The monoisotopic (exact) mass is 285 g/mol. The number of fused-ring (bicyclic) bond motifs is 1. The summed E-state index contributed by atoms with van der Waals surface area (Å²) in [5.74, 6) is 0.491. The fourth-order valence-electron chi connectivity index (χ4n) is 3.45. The van der Waals surface area contributed by atoms with E-state index in [1.807, 2.05) is 11.3 Å². The lowest BCUT2D eigenvalue weighted by Crippen LogP contribution is -2.23. The summed E-state index contributed by atoms with van der Waals surface area (Å²) in [6, 6.07) is 7.00. The molecule has 1 aliphatic carbocycles. The highest BCUT2D eigenvalue weighted by Crippen LogP contribution is 2.42. The van der Waals surface area contributed by atoms with E-state index in [4.69, 9.17) is 5.73 Å². The van der Waals surface area contributed by atoms with Gasteiger partial charge in [0.25, 0.3) is 0 Å². The number of rotatable bonds is 2. The third-order valence-electron chi connectivity index (χ3n) is 4.77. The Bertz CT molecular complexity index is 626. The van der Waals surface area contributed by atoms with E-state index in [1.165, 1.54) is 47.1 Å². The van der Waals surface area contributed by atoms with E-state index in [2.05, 4.69) is 44.4 Å². The highest BCUT2D eigenvalue weighted by atomic mass is 32.1. The van der Waals surface area contributed by atoms with Crippen LogP contribution >= 0.6 is 11.3 Å². The number of hydrogen-bond donors (Lipinski definition) is 1. The van der Waals surface area contributed by atoms with Crippen LogP contribution in [-0.2, 0) is 6.42 Å². The Kier molecular flexibility index (Phi) is 3.70. The maximum atomic E-state index is 6.67. The summed E-state index contributed by atoms with van der Waals surface area (Å²) >= 11 is 1.90. The third-order valence-corrected chi connectivity index (χ3v) is 5.77. The van der Waals surface area contributed by atoms with E-state index < -0.39 is 0 Å². The number of hydrogen-bond acceptors (Lipinski definition) is 2. The van der Waals surface area contributed by atoms with Crippen molar-refractivity contribution in [2.75, 3.05) is 0 Å². The largest absolute Gasteiger partial charge is 0.323 e. The van der Waals surface area contributed by atoms with Crippen molar-refractivity contribution in [2.24, 2.45) is 5.73 Å².